The molecule has 0 aliphatic heterocycles. The second-order valence-electron chi connectivity index (χ2n) is 5.65. The van der Waals surface area contributed by atoms with Gasteiger partial charge in [0.25, 0.3) is 0 Å². The molecule has 2 rings (SSSR count). The van der Waals surface area contributed by atoms with Gasteiger partial charge in [0, 0.05) is 15.7 Å². The van der Waals surface area contributed by atoms with Crippen LogP contribution in [0.15, 0.2) is 36.4 Å². The molecule has 1 N–H and O–H groups in total. The molecule has 2 aromatic carbocycles. The first-order valence-electron chi connectivity index (χ1n) is 8.48. The van der Waals surface area contributed by atoms with Crippen molar-refractivity contribution in [3.05, 3.63) is 51.1 Å². The van der Waals surface area contributed by atoms with Crippen molar-refractivity contribution in [1.29, 1.82) is 0 Å². The SMILES string of the molecule is CCOc1ccc(CCC(=O)Nc2ccc(I)cc2C)cc1OCC. The molecule has 0 saturated carbocycles. The third-order valence-electron chi connectivity index (χ3n) is 3.71. The largest absolute Gasteiger partial charge is 0.490 e. The Bertz CT molecular complexity index is 731. The number of anilines is 1. The fraction of sp³-hybridized carbons (Fsp3) is 0.350. The van der Waals surface area contributed by atoms with Crippen LogP contribution in [0.3, 0.4) is 0 Å². The first-order valence-corrected chi connectivity index (χ1v) is 9.55. The zero-order valence-corrected chi connectivity index (χ0v) is 17.1. The van der Waals surface area contributed by atoms with Crippen LogP contribution in [0.2, 0.25) is 0 Å². The van der Waals surface area contributed by atoms with Crippen LogP contribution in [0, 0.1) is 10.5 Å². The molecule has 134 valence electrons. The zero-order chi connectivity index (χ0) is 18.2. The Morgan fingerprint density at radius 3 is 2.44 bits per heavy atom. The lowest BCUT2D eigenvalue weighted by Gasteiger charge is -2.13. The Balaban J connectivity index is 1.97. The van der Waals surface area contributed by atoms with Crippen molar-refractivity contribution in [1.82, 2.24) is 0 Å². The summed E-state index contributed by atoms with van der Waals surface area (Å²) >= 11 is 2.26. The summed E-state index contributed by atoms with van der Waals surface area (Å²) in [6.07, 6.45) is 1.08. The molecule has 0 radical (unpaired) electrons. The van der Waals surface area contributed by atoms with Gasteiger partial charge in [-0.3, -0.25) is 4.79 Å². The predicted octanol–water partition coefficient (Wildman–Crippen LogP) is 4.97. The highest BCUT2D eigenvalue weighted by Gasteiger charge is 2.09. The molecule has 1 amide bonds. The standard InChI is InChI=1S/C20H24INO3/c1-4-24-18-10-6-15(13-19(18)25-5-2)7-11-20(23)22-17-9-8-16(21)12-14(17)3/h6,8-10,12-13H,4-5,7,11H2,1-3H3,(H,22,23). The molecule has 0 spiro atoms. The number of nitrogens with one attached hydrogen (secondary N) is 1. The minimum Gasteiger partial charge on any atom is -0.490 e. The van der Waals surface area contributed by atoms with E-state index >= 15 is 0 Å². The second-order valence-corrected chi connectivity index (χ2v) is 6.90. The van der Waals surface area contributed by atoms with Gasteiger partial charge in [-0.1, -0.05) is 6.07 Å². The summed E-state index contributed by atoms with van der Waals surface area (Å²) in [7, 11) is 0. The summed E-state index contributed by atoms with van der Waals surface area (Å²) in [4.78, 5) is 12.2. The zero-order valence-electron chi connectivity index (χ0n) is 14.9. The molecule has 0 heterocycles. The Morgan fingerprint density at radius 2 is 1.76 bits per heavy atom. The lowest BCUT2D eigenvalue weighted by molar-refractivity contribution is -0.116. The Labute approximate surface area is 163 Å². The number of carbonyl (C=O) groups excluding carboxylic acids is 1. The van der Waals surface area contributed by atoms with Gasteiger partial charge in [0.15, 0.2) is 11.5 Å². The molecule has 0 unspecified atom stereocenters. The monoisotopic (exact) mass is 453 g/mol. The average molecular weight is 453 g/mol. The van der Waals surface area contributed by atoms with Crippen molar-refractivity contribution in [3.63, 3.8) is 0 Å². The van der Waals surface area contributed by atoms with E-state index in [0.29, 0.717) is 26.1 Å². The van der Waals surface area contributed by atoms with Crippen molar-refractivity contribution < 1.29 is 14.3 Å². The number of halogens is 1. The van der Waals surface area contributed by atoms with Gasteiger partial charge in [-0.2, -0.15) is 0 Å². The molecule has 2 aromatic rings. The maximum absolute atomic E-state index is 12.2. The second kappa shape index (κ2) is 9.65. The normalized spacial score (nSPS) is 10.4. The van der Waals surface area contributed by atoms with E-state index in [-0.39, 0.29) is 5.91 Å². The van der Waals surface area contributed by atoms with Crippen LogP contribution < -0.4 is 14.8 Å². The number of benzene rings is 2. The van der Waals surface area contributed by atoms with E-state index in [9.17, 15) is 4.79 Å². The fourth-order valence-electron chi connectivity index (χ4n) is 2.49. The van der Waals surface area contributed by atoms with E-state index in [1.165, 1.54) is 0 Å². The number of rotatable bonds is 8. The smallest absolute Gasteiger partial charge is 0.224 e. The molecule has 0 saturated heterocycles. The minimum absolute atomic E-state index is 0.0103. The van der Waals surface area contributed by atoms with Crippen LogP contribution in [0.25, 0.3) is 0 Å². The molecule has 5 heteroatoms. The molecule has 0 aromatic heterocycles. The van der Waals surface area contributed by atoms with Crippen LogP contribution in [-0.2, 0) is 11.2 Å². The van der Waals surface area contributed by atoms with Crippen molar-refractivity contribution >= 4 is 34.2 Å². The summed E-state index contributed by atoms with van der Waals surface area (Å²) in [5, 5.41) is 2.98. The third-order valence-corrected chi connectivity index (χ3v) is 4.38. The van der Waals surface area contributed by atoms with Crippen LogP contribution >= 0.6 is 22.6 Å². The van der Waals surface area contributed by atoms with E-state index in [1.807, 2.05) is 51.1 Å². The molecule has 0 fully saturated rings. The topological polar surface area (TPSA) is 47.6 Å². The van der Waals surface area contributed by atoms with E-state index < -0.39 is 0 Å². The summed E-state index contributed by atoms with van der Waals surface area (Å²) in [6.45, 7) is 7.06. The first kappa shape index (κ1) is 19.6. The summed E-state index contributed by atoms with van der Waals surface area (Å²) in [5.41, 5.74) is 2.99. The lowest BCUT2D eigenvalue weighted by Crippen LogP contribution is -2.13. The predicted molar refractivity (Wildman–Crippen MR) is 110 cm³/mol. The maximum atomic E-state index is 12.2. The maximum Gasteiger partial charge on any atom is 0.224 e. The first-order chi connectivity index (χ1) is 12.0. The van der Waals surface area contributed by atoms with Crippen LogP contribution in [0.1, 0.15) is 31.4 Å². The van der Waals surface area contributed by atoms with Crippen LogP contribution in [-0.4, -0.2) is 19.1 Å². The summed E-state index contributed by atoms with van der Waals surface area (Å²) in [5.74, 6) is 1.49. The van der Waals surface area contributed by atoms with Crippen molar-refractivity contribution in [3.8, 4) is 11.5 Å². The van der Waals surface area contributed by atoms with E-state index in [0.717, 1.165) is 31.9 Å². The van der Waals surface area contributed by atoms with Gasteiger partial charge in [-0.05, 0) is 91.2 Å². The highest BCUT2D eigenvalue weighted by Crippen LogP contribution is 2.29. The summed E-state index contributed by atoms with van der Waals surface area (Å²) < 4.78 is 12.4. The number of ether oxygens (including phenoxy) is 2. The van der Waals surface area contributed by atoms with Gasteiger partial charge in [-0.25, -0.2) is 0 Å². The number of hydrogen-bond donors (Lipinski definition) is 1. The van der Waals surface area contributed by atoms with Gasteiger partial charge in [0.2, 0.25) is 5.91 Å². The molecule has 4 nitrogen and oxygen atoms in total. The number of hydrogen-bond acceptors (Lipinski definition) is 3. The van der Waals surface area contributed by atoms with E-state index in [2.05, 4.69) is 34.0 Å². The van der Waals surface area contributed by atoms with Crippen molar-refractivity contribution in [2.75, 3.05) is 18.5 Å². The number of carbonyl (C=O) groups is 1. The summed E-state index contributed by atoms with van der Waals surface area (Å²) in [6, 6.07) is 11.8. The van der Waals surface area contributed by atoms with Gasteiger partial charge in [0.1, 0.15) is 0 Å². The Morgan fingerprint density at radius 1 is 1.04 bits per heavy atom. The van der Waals surface area contributed by atoms with Crippen molar-refractivity contribution in [2.45, 2.75) is 33.6 Å². The number of amides is 1. The molecule has 0 aliphatic rings. The fourth-order valence-corrected chi connectivity index (χ4v) is 3.14. The number of aryl methyl sites for hydroxylation is 2. The molecule has 0 bridgehead atoms. The molecular weight excluding hydrogens is 429 g/mol. The third kappa shape index (κ3) is 5.92. The molecule has 25 heavy (non-hydrogen) atoms. The molecule has 0 aliphatic carbocycles. The van der Waals surface area contributed by atoms with Crippen LogP contribution in [0.4, 0.5) is 5.69 Å². The van der Waals surface area contributed by atoms with Gasteiger partial charge in [-0.15, -0.1) is 0 Å². The minimum atomic E-state index is 0.0103. The lowest BCUT2D eigenvalue weighted by atomic mass is 10.1. The Kier molecular flexibility index (Phi) is 7.55. The molecular formula is C20H24INO3. The average Bonchev–Trinajstić information content (AvgIpc) is 2.58. The van der Waals surface area contributed by atoms with E-state index in [1.54, 1.807) is 0 Å². The van der Waals surface area contributed by atoms with Crippen LogP contribution in [0.5, 0.6) is 11.5 Å². The Hall–Kier alpha value is -1.76. The highest BCUT2D eigenvalue weighted by molar-refractivity contribution is 14.1. The highest BCUT2D eigenvalue weighted by atomic mass is 127. The van der Waals surface area contributed by atoms with E-state index in [4.69, 9.17) is 9.47 Å². The van der Waals surface area contributed by atoms with Gasteiger partial charge >= 0.3 is 0 Å². The van der Waals surface area contributed by atoms with Gasteiger partial charge < -0.3 is 14.8 Å². The van der Waals surface area contributed by atoms with Crippen molar-refractivity contribution in [2.24, 2.45) is 0 Å². The van der Waals surface area contributed by atoms with Gasteiger partial charge in [0.05, 0.1) is 13.2 Å². The quantitative estimate of drug-likeness (QED) is 0.575. The molecule has 0 atom stereocenters.